The summed E-state index contributed by atoms with van der Waals surface area (Å²) in [6.45, 7) is 3.97. The molecule has 4 aromatic rings. The third-order valence-electron chi connectivity index (χ3n) is 4.59. The molecule has 0 spiro atoms. The number of rotatable bonds is 4. The molecule has 2 nitrogen and oxygen atoms in total. The summed E-state index contributed by atoms with van der Waals surface area (Å²) >= 11 is 0. The van der Waals surface area contributed by atoms with Gasteiger partial charge < -0.3 is 4.74 Å². The van der Waals surface area contributed by atoms with Crippen molar-refractivity contribution in [3.63, 3.8) is 0 Å². The van der Waals surface area contributed by atoms with Gasteiger partial charge in [-0.25, -0.2) is 13.2 Å². The zero-order valence-corrected chi connectivity index (χ0v) is 16.3. The van der Waals surface area contributed by atoms with E-state index < -0.39 is 17.5 Å². The van der Waals surface area contributed by atoms with Crippen LogP contribution in [0.15, 0.2) is 79.5 Å². The Morgan fingerprint density at radius 1 is 0.839 bits per heavy atom. The molecule has 0 saturated heterocycles. The Hall–Kier alpha value is -4.04. The van der Waals surface area contributed by atoms with E-state index in [9.17, 15) is 13.2 Å². The van der Waals surface area contributed by atoms with E-state index in [-0.39, 0.29) is 5.56 Å². The van der Waals surface area contributed by atoms with Crippen molar-refractivity contribution >= 4 is 10.8 Å². The smallest absolute Gasteiger partial charge is 0.159 e. The van der Waals surface area contributed by atoms with Crippen LogP contribution in [0.2, 0.25) is 0 Å². The fourth-order valence-electron chi connectivity index (χ4n) is 3.03. The van der Waals surface area contributed by atoms with Gasteiger partial charge >= 0.3 is 0 Å². The van der Waals surface area contributed by atoms with Crippen LogP contribution in [0.4, 0.5) is 13.2 Å². The van der Waals surface area contributed by atoms with Crippen molar-refractivity contribution in [2.24, 2.45) is 0 Å². The molecular formula is C26H16F3NO. The molecule has 0 amide bonds. The van der Waals surface area contributed by atoms with Gasteiger partial charge in [-0.3, -0.25) is 4.98 Å². The number of pyridine rings is 1. The van der Waals surface area contributed by atoms with Crippen LogP contribution in [0.25, 0.3) is 22.0 Å². The molecule has 4 rings (SSSR count). The predicted molar refractivity (Wildman–Crippen MR) is 115 cm³/mol. The molecule has 1 aromatic heterocycles. The van der Waals surface area contributed by atoms with E-state index >= 15 is 0 Å². The van der Waals surface area contributed by atoms with E-state index in [1.165, 1.54) is 6.07 Å². The van der Waals surface area contributed by atoms with Crippen LogP contribution in [0.3, 0.4) is 0 Å². The lowest BCUT2D eigenvalue weighted by molar-refractivity contribution is 0.362. The van der Waals surface area contributed by atoms with Crippen molar-refractivity contribution in [1.29, 1.82) is 0 Å². The van der Waals surface area contributed by atoms with E-state index in [1.54, 1.807) is 54.7 Å². The van der Waals surface area contributed by atoms with E-state index in [1.807, 2.05) is 0 Å². The summed E-state index contributed by atoms with van der Waals surface area (Å²) in [5.41, 5.74) is 2.01. The normalized spacial score (nSPS) is 10.4. The fourth-order valence-corrected chi connectivity index (χ4v) is 3.03. The fraction of sp³-hybridized carbons (Fsp3) is 0.0385. The standard InChI is InChI=1S/C26H16F3NO/c1-2-11-31-22-9-10-26(30-16-22)20-8-7-18(23(27)14-20)5-3-17-4-6-19-13-24(28)25(29)15-21(19)12-17/h2,4,6-10,12-16H,1,11H2. The van der Waals surface area contributed by atoms with Gasteiger partial charge in [0.25, 0.3) is 0 Å². The van der Waals surface area contributed by atoms with Crippen molar-refractivity contribution in [2.75, 3.05) is 6.61 Å². The van der Waals surface area contributed by atoms with Gasteiger partial charge in [0.1, 0.15) is 18.2 Å². The number of hydrogen-bond acceptors (Lipinski definition) is 2. The highest BCUT2D eigenvalue weighted by molar-refractivity contribution is 5.84. The molecule has 0 aliphatic rings. The molecular weight excluding hydrogens is 399 g/mol. The lowest BCUT2D eigenvalue weighted by Gasteiger charge is -2.05. The molecule has 3 aromatic carbocycles. The highest BCUT2D eigenvalue weighted by atomic mass is 19.2. The summed E-state index contributed by atoms with van der Waals surface area (Å²) in [7, 11) is 0. The van der Waals surface area contributed by atoms with E-state index in [0.717, 1.165) is 12.1 Å². The first kappa shape index (κ1) is 20.2. The predicted octanol–water partition coefficient (Wildman–Crippen LogP) is 6.28. The zero-order chi connectivity index (χ0) is 21.8. The highest BCUT2D eigenvalue weighted by Crippen LogP contribution is 2.23. The maximum atomic E-state index is 14.6. The average Bonchev–Trinajstić information content (AvgIpc) is 2.78. The number of ether oxygens (including phenoxy) is 1. The summed E-state index contributed by atoms with van der Waals surface area (Å²) in [6, 6.07) is 15.4. The second-order valence-corrected chi connectivity index (χ2v) is 6.75. The van der Waals surface area contributed by atoms with Gasteiger partial charge in [-0.1, -0.05) is 36.6 Å². The lowest BCUT2D eigenvalue weighted by atomic mass is 10.1. The summed E-state index contributed by atoms with van der Waals surface area (Å²) in [4.78, 5) is 4.29. The second-order valence-electron chi connectivity index (χ2n) is 6.75. The molecule has 0 radical (unpaired) electrons. The summed E-state index contributed by atoms with van der Waals surface area (Å²) < 4.78 is 46.8. The Bertz CT molecular complexity index is 1330. The number of nitrogens with zero attached hydrogens (tertiary/aromatic N) is 1. The van der Waals surface area contributed by atoms with Gasteiger partial charge in [-0.2, -0.15) is 0 Å². The highest BCUT2D eigenvalue weighted by Gasteiger charge is 2.06. The second kappa shape index (κ2) is 8.76. The monoisotopic (exact) mass is 415 g/mol. The quantitative estimate of drug-likeness (QED) is 0.289. The molecule has 0 aliphatic carbocycles. The van der Waals surface area contributed by atoms with E-state index in [0.29, 0.717) is 39.9 Å². The van der Waals surface area contributed by atoms with Crippen LogP contribution in [0.5, 0.6) is 5.75 Å². The van der Waals surface area contributed by atoms with Crippen molar-refractivity contribution in [1.82, 2.24) is 4.98 Å². The summed E-state index contributed by atoms with van der Waals surface area (Å²) in [5, 5.41) is 1.08. The molecule has 0 saturated carbocycles. The molecule has 0 bridgehead atoms. The van der Waals surface area contributed by atoms with Crippen molar-refractivity contribution in [3.8, 4) is 28.8 Å². The van der Waals surface area contributed by atoms with E-state index in [2.05, 4.69) is 23.4 Å². The summed E-state index contributed by atoms with van der Waals surface area (Å²) in [6.07, 6.45) is 3.21. The number of hydrogen-bond donors (Lipinski definition) is 0. The molecule has 0 atom stereocenters. The molecule has 0 unspecified atom stereocenters. The molecule has 5 heteroatoms. The number of benzene rings is 3. The first-order valence-electron chi connectivity index (χ1n) is 9.44. The number of aromatic nitrogens is 1. The van der Waals surface area contributed by atoms with Gasteiger partial charge in [0.2, 0.25) is 0 Å². The van der Waals surface area contributed by atoms with Crippen LogP contribution < -0.4 is 4.74 Å². The van der Waals surface area contributed by atoms with E-state index in [4.69, 9.17) is 4.74 Å². The first-order valence-corrected chi connectivity index (χ1v) is 9.44. The van der Waals surface area contributed by atoms with Crippen LogP contribution in [-0.4, -0.2) is 11.6 Å². The van der Waals surface area contributed by atoms with Gasteiger partial charge in [-0.05, 0) is 59.3 Å². The van der Waals surface area contributed by atoms with Crippen LogP contribution in [0.1, 0.15) is 11.1 Å². The van der Waals surface area contributed by atoms with Gasteiger partial charge in [0.05, 0.1) is 17.5 Å². The maximum Gasteiger partial charge on any atom is 0.159 e. The number of halogens is 3. The average molecular weight is 415 g/mol. The third kappa shape index (κ3) is 4.59. The topological polar surface area (TPSA) is 22.1 Å². The Kier molecular flexibility index (Phi) is 5.72. The Morgan fingerprint density at radius 2 is 1.65 bits per heavy atom. The SMILES string of the molecule is C=CCOc1ccc(-c2ccc(C#Cc3ccc4cc(F)c(F)cc4c3)c(F)c2)nc1. The largest absolute Gasteiger partial charge is 0.488 e. The number of fused-ring (bicyclic) bond motifs is 1. The van der Waals surface area contributed by atoms with Crippen LogP contribution >= 0.6 is 0 Å². The maximum absolute atomic E-state index is 14.6. The van der Waals surface area contributed by atoms with Crippen molar-refractivity contribution in [3.05, 3.63) is 108 Å². The lowest BCUT2D eigenvalue weighted by Crippen LogP contribution is -1.94. The Morgan fingerprint density at radius 3 is 2.35 bits per heavy atom. The molecule has 152 valence electrons. The molecule has 1 heterocycles. The minimum atomic E-state index is -0.923. The van der Waals surface area contributed by atoms with Crippen LogP contribution in [0, 0.1) is 29.3 Å². The van der Waals surface area contributed by atoms with Gasteiger partial charge in [0, 0.05) is 11.1 Å². The third-order valence-corrected chi connectivity index (χ3v) is 4.59. The molecule has 31 heavy (non-hydrogen) atoms. The van der Waals surface area contributed by atoms with Gasteiger partial charge in [0.15, 0.2) is 11.6 Å². The van der Waals surface area contributed by atoms with Crippen molar-refractivity contribution < 1.29 is 17.9 Å². The zero-order valence-electron chi connectivity index (χ0n) is 16.3. The minimum absolute atomic E-state index is 0.222. The van der Waals surface area contributed by atoms with Crippen LogP contribution in [-0.2, 0) is 0 Å². The van der Waals surface area contributed by atoms with Gasteiger partial charge in [-0.15, -0.1) is 0 Å². The molecule has 0 fully saturated rings. The molecule has 0 aliphatic heterocycles. The first-order chi connectivity index (χ1) is 15.0. The molecule has 0 N–H and O–H groups in total. The van der Waals surface area contributed by atoms with Crippen molar-refractivity contribution in [2.45, 2.75) is 0 Å². The minimum Gasteiger partial charge on any atom is -0.488 e. The Balaban J connectivity index is 1.57. The summed E-state index contributed by atoms with van der Waals surface area (Å²) in [5.74, 6) is 3.95. The Labute approximate surface area is 177 Å².